The van der Waals surface area contributed by atoms with E-state index in [2.05, 4.69) is 12.2 Å². The van der Waals surface area contributed by atoms with Crippen LogP contribution in [0.25, 0.3) is 0 Å². The molecule has 0 saturated heterocycles. The zero-order valence-corrected chi connectivity index (χ0v) is 8.76. The maximum absolute atomic E-state index is 5.62. The van der Waals surface area contributed by atoms with Crippen molar-refractivity contribution in [2.75, 3.05) is 11.9 Å². The van der Waals surface area contributed by atoms with Crippen molar-refractivity contribution in [1.29, 1.82) is 0 Å². The van der Waals surface area contributed by atoms with Crippen LogP contribution in [0.1, 0.15) is 20.8 Å². The van der Waals surface area contributed by atoms with Gasteiger partial charge in [0.05, 0.1) is 0 Å². The predicted molar refractivity (Wildman–Crippen MR) is 55.9 cm³/mol. The lowest BCUT2D eigenvalue weighted by molar-refractivity contribution is -0.0431. The number of ether oxygens (including phenoxy) is 2. The highest BCUT2D eigenvalue weighted by molar-refractivity contribution is 5.56. The van der Waals surface area contributed by atoms with E-state index in [1.54, 1.807) is 0 Å². The van der Waals surface area contributed by atoms with Crippen LogP contribution in [0.15, 0.2) is 18.2 Å². The molecule has 14 heavy (non-hydrogen) atoms. The summed E-state index contributed by atoms with van der Waals surface area (Å²) in [6, 6.07) is 5.89. The molecule has 0 saturated carbocycles. The SMILES string of the molecule is CCNc1ccc2c(c1)OC(C)(C)O2. The first-order valence-electron chi connectivity index (χ1n) is 4.87. The minimum atomic E-state index is -0.535. The van der Waals surface area contributed by atoms with E-state index in [-0.39, 0.29) is 0 Å². The molecule has 0 fully saturated rings. The third-order valence-corrected chi connectivity index (χ3v) is 2.04. The molecule has 0 radical (unpaired) electrons. The van der Waals surface area contributed by atoms with E-state index in [0.29, 0.717) is 0 Å². The molecule has 3 heteroatoms. The predicted octanol–water partition coefficient (Wildman–Crippen LogP) is 2.63. The highest BCUT2D eigenvalue weighted by Gasteiger charge is 2.31. The second-order valence-electron chi connectivity index (χ2n) is 3.80. The van der Waals surface area contributed by atoms with Gasteiger partial charge in [-0.15, -0.1) is 0 Å². The molecule has 0 unspecified atom stereocenters. The van der Waals surface area contributed by atoms with Crippen LogP contribution >= 0.6 is 0 Å². The molecule has 1 N–H and O–H groups in total. The van der Waals surface area contributed by atoms with Crippen molar-refractivity contribution >= 4 is 5.69 Å². The molecule has 0 atom stereocenters. The summed E-state index contributed by atoms with van der Waals surface area (Å²) in [6.07, 6.45) is 0. The van der Waals surface area contributed by atoms with Crippen LogP contribution in [0.2, 0.25) is 0 Å². The fourth-order valence-corrected chi connectivity index (χ4v) is 1.54. The Kier molecular flexibility index (Phi) is 2.02. The third kappa shape index (κ3) is 1.62. The zero-order valence-electron chi connectivity index (χ0n) is 8.76. The minimum absolute atomic E-state index is 0.535. The van der Waals surface area contributed by atoms with Crippen molar-refractivity contribution in [2.45, 2.75) is 26.6 Å². The van der Waals surface area contributed by atoms with Crippen LogP contribution in [0.3, 0.4) is 0 Å². The van der Waals surface area contributed by atoms with Crippen LogP contribution in [-0.4, -0.2) is 12.3 Å². The zero-order chi connectivity index (χ0) is 10.2. The minimum Gasteiger partial charge on any atom is -0.449 e. The average Bonchev–Trinajstić information content (AvgIpc) is 2.38. The highest BCUT2D eigenvalue weighted by atomic mass is 16.7. The van der Waals surface area contributed by atoms with Gasteiger partial charge in [0.15, 0.2) is 11.5 Å². The summed E-state index contributed by atoms with van der Waals surface area (Å²) < 4.78 is 11.2. The number of hydrogen-bond donors (Lipinski definition) is 1. The van der Waals surface area contributed by atoms with E-state index in [9.17, 15) is 0 Å². The monoisotopic (exact) mass is 193 g/mol. The van der Waals surface area contributed by atoms with Gasteiger partial charge in [-0.2, -0.15) is 0 Å². The summed E-state index contributed by atoms with van der Waals surface area (Å²) in [4.78, 5) is 0. The van der Waals surface area contributed by atoms with Crippen molar-refractivity contribution in [2.24, 2.45) is 0 Å². The molecule has 0 aliphatic carbocycles. The summed E-state index contributed by atoms with van der Waals surface area (Å²) in [7, 11) is 0. The number of hydrogen-bond acceptors (Lipinski definition) is 3. The summed E-state index contributed by atoms with van der Waals surface area (Å²) in [6.45, 7) is 6.78. The molecule has 76 valence electrons. The Morgan fingerprint density at radius 1 is 1.21 bits per heavy atom. The maximum Gasteiger partial charge on any atom is 0.246 e. The molecule has 0 bridgehead atoms. The fraction of sp³-hybridized carbons (Fsp3) is 0.455. The van der Waals surface area contributed by atoms with Crippen molar-refractivity contribution in [1.82, 2.24) is 0 Å². The standard InChI is InChI=1S/C11H15NO2/c1-4-12-8-5-6-9-10(7-8)14-11(2,3)13-9/h5-7,12H,4H2,1-3H3. The van der Waals surface area contributed by atoms with Gasteiger partial charge >= 0.3 is 0 Å². The molecule has 0 aromatic heterocycles. The van der Waals surface area contributed by atoms with Gasteiger partial charge in [0.2, 0.25) is 5.79 Å². The van der Waals surface area contributed by atoms with E-state index < -0.39 is 5.79 Å². The molecular formula is C11H15NO2. The number of fused-ring (bicyclic) bond motifs is 1. The Labute approximate surface area is 84.0 Å². The number of anilines is 1. The molecule has 1 aliphatic heterocycles. The van der Waals surface area contributed by atoms with Crippen molar-refractivity contribution in [3.8, 4) is 11.5 Å². The molecule has 1 aliphatic rings. The second-order valence-corrected chi connectivity index (χ2v) is 3.80. The van der Waals surface area contributed by atoms with Crippen LogP contribution in [0, 0.1) is 0 Å². The molecule has 1 heterocycles. The number of rotatable bonds is 2. The summed E-state index contributed by atoms with van der Waals surface area (Å²) >= 11 is 0. The Hall–Kier alpha value is -1.38. The first-order chi connectivity index (χ1) is 6.61. The Balaban J connectivity index is 2.26. The first kappa shape index (κ1) is 9.19. The van der Waals surface area contributed by atoms with E-state index in [1.165, 1.54) is 0 Å². The first-order valence-corrected chi connectivity index (χ1v) is 4.87. The van der Waals surface area contributed by atoms with Crippen LogP contribution in [0.5, 0.6) is 11.5 Å². The Bertz CT molecular complexity index is 347. The summed E-state index contributed by atoms with van der Waals surface area (Å²) in [5, 5.41) is 3.23. The lowest BCUT2D eigenvalue weighted by Crippen LogP contribution is -2.29. The maximum atomic E-state index is 5.62. The second kappa shape index (κ2) is 3.08. The molecule has 0 amide bonds. The molecule has 2 rings (SSSR count). The largest absolute Gasteiger partial charge is 0.449 e. The van der Waals surface area contributed by atoms with Crippen molar-refractivity contribution < 1.29 is 9.47 Å². The van der Waals surface area contributed by atoms with Gasteiger partial charge in [-0.05, 0) is 19.1 Å². The van der Waals surface area contributed by atoms with Crippen molar-refractivity contribution in [3.05, 3.63) is 18.2 Å². The highest BCUT2D eigenvalue weighted by Crippen LogP contribution is 2.40. The smallest absolute Gasteiger partial charge is 0.246 e. The van der Waals surface area contributed by atoms with Gasteiger partial charge in [-0.25, -0.2) is 0 Å². The van der Waals surface area contributed by atoms with Gasteiger partial charge in [0.25, 0.3) is 0 Å². The molecule has 1 aromatic carbocycles. The van der Waals surface area contributed by atoms with Gasteiger partial charge < -0.3 is 14.8 Å². The number of benzene rings is 1. The number of nitrogens with one attached hydrogen (secondary N) is 1. The molecule has 0 spiro atoms. The molecule has 3 nitrogen and oxygen atoms in total. The van der Waals surface area contributed by atoms with Crippen molar-refractivity contribution in [3.63, 3.8) is 0 Å². The van der Waals surface area contributed by atoms with E-state index in [4.69, 9.17) is 9.47 Å². The lowest BCUT2D eigenvalue weighted by Gasteiger charge is -2.16. The quantitative estimate of drug-likeness (QED) is 0.783. The third-order valence-electron chi connectivity index (χ3n) is 2.04. The van der Waals surface area contributed by atoms with E-state index >= 15 is 0 Å². The van der Waals surface area contributed by atoms with E-state index in [0.717, 1.165) is 23.7 Å². The molecular weight excluding hydrogens is 178 g/mol. The normalized spacial score (nSPS) is 16.8. The van der Waals surface area contributed by atoms with Gasteiger partial charge in [-0.1, -0.05) is 0 Å². The topological polar surface area (TPSA) is 30.5 Å². The van der Waals surface area contributed by atoms with Gasteiger partial charge in [-0.3, -0.25) is 0 Å². The van der Waals surface area contributed by atoms with Crippen LogP contribution in [0.4, 0.5) is 5.69 Å². The Morgan fingerprint density at radius 2 is 1.93 bits per heavy atom. The van der Waals surface area contributed by atoms with Gasteiger partial charge in [0.1, 0.15) is 0 Å². The van der Waals surface area contributed by atoms with Crippen LogP contribution < -0.4 is 14.8 Å². The summed E-state index contributed by atoms with van der Waals surface area (Å²) in [5.41, 5.74) is 1.06. The Morgan fingerprint density at radius 3 is 2.64 bits per heavy atom. The average molecular weight is 193 g/mol. The summed E-state index contributed by atoms with van der Waals surface area (Å²) in [5.74, 6) is 1.10. The van der Waals surface area contributed by atoms with Crippen LogP contribution in [-0.2, 0) is 0 Å². The fourth-order valence-electron chi connectivity index (χ4n) is 1.54. The molecule has 1 aromatic rings. The van der Waals surface area contributed by atoms with Gasteiger partial charge in [0, 0.05) is 32.1 Å². The van der Waals surface area contributed by atoms with E-state index in [1.807, 2.05) is 32.0 Å². The lowest BCUT2D eigenvalue weighted by atomic mass is 10.3.